The Morgan fingerprint density at radius 1 is 1.21 bits per heavy atom. The zero-order valence-electron chi connectivity index (χ0n) is 13.4. The van der Waals surface area contributed by atoms with Crippen LogP contribution in [0, 0.1) is 0 Å². The second-order valence-electron chi connectivity index (χ2n) is 6.65. The molecule has 0 radical (unpaired) electrons. The van der Waals surface area contributed by atoms with Crippen molar-refractivity contribution in [3.63, 3.8) is 0 Å². The first-order valence-electron chi connectivity index (χ1n) is 8.22. The Balaban J connectivity index is 1.91. The number of nitrogens with one attached hydrogen (secondary N) is 1. The lowest BCUT2D eigenvalue weighted by Gasteiger charge is -2.23. The van der Waals surface area contributed by atoms with Crippen molar-refractivity contribution in [3.05, 3.63) is 56.0 Å². The molecule has 24 heavy (non-hydrogen) atoms. The van der Waals surface area contributed by atoms with Crippen LogP contribution in [-0.2, 0) is 13.0 Å². The van der Waals surface area contributed by atoms with Crippen LogP contribution in [0.1, 0.15) is 41.5 Å². The minimum atomic E-state index is 0.141. The summed E-state index contributed by atoms with van der Waals surface area (Å²) in [6.07, 6.45) is 1.89. The first kappa shape index (κ1) is 16.2. The smallest absolute Gasteiger partial charge is 0.134 e. The Hall–Kier alpha value is -1.23. The van der Waals surface area contributed by atoms with Gasteiger partial charge in [-0.05, 0) is 54.3 Å². The van der Waals surface area contributed by atoms with E-state index in [2.05, 4.69) is 40.3 Å². The van der Waals surface area contributed by atoms with Crippen LogP contribution >= 0.6 is 27.5 Å². The SMILES string of the molecule is CC1CC(c2cc(Br)cc3c2OCC3)c2cc(O)c(Cl)cc2CN1. The van der Waals surface area contributed by atoms with Gasteiger partial charge in [0.1, 0.15) is 11.5 Å². The molecule has 2 aromatic rings. The summed E-state index contributed by atoms with van der Waals surface area (Å²) in [6.45, 7) is 3.68. The lowest BCUT2D eigenvalue weighted by Crippen LogP contribution is -2.24. The van der Waals surface area contributed by atoms with E-state index in [4.69, 9.17) is 16.3 Å². The predicted octanol–water partition coefficient (Wildman–Crippen LogP) is 4.76. The maximum atomic E-state index is 10.2. The fourth-order valence-electron chi connectivity index (χ4n) is 3.80. The van der Waals surface area contributed by atoms with E-state index in [1.165, 1.54) is 11.1 Å². The van der Waals surface area contributed by atoms with Crippen LogP contribution in [0.2, 0.25) is 5.02 Å². The van der Waals surface area contributed by atoms with Gasteiger partial charge >= 0.3 is 0 Å². The topological polar surface area (TPSA) is 41.5 Å². The van der Waals surface area contributed by atoms with Gasteiger partial charge in [-0.15, -0.1) is 0 Å². The van der Waals surface area contributed by atoms with E-state index >= 15 is 0 Å². The average molecular weight is 409 g/mol. The van der Waals surface area contributed by atoms with Crippen LogP contribution in [0.4, 0.5) is 0 Å². The number of aromatic hydroxyl groups is 1. The number of hydrogen-bond donors (Lipinski definition) is 2. The van der Waals surface area contributed by atoms with Crippen LogP contribution in [-0.4, -0.2) is 17.8 Å². The highest BCUT2D eigenvalue weighted by Crippen LogP contribution is 2.44. The van der Waals surface area contributed by atoms with Gasteiger partial charge in [0.2, 0.25) is 0 Å². The number of fused-ring (bicyclic) bond motifs is 2. The van der Waals surface area contributed by atoms with Gasteiger partial charge in [-0.25, -0.2) is 0 Å². The van der Waals surface area contributed by atoms with Crippen molar-refractivity contribution in [3.8, 4) is 11.5 Å². The molecule has 2 aromatic carbocycles. The lowest BCUT2D eigenvalue weighted by atomic mass is 9.84. The summed E-state index contributed by atoms with van der Waals surface area (Å²) in [4.78, 5) is 0. The number of phenols is 1. The second-order valence-corrected chi connectivity index (χ2v) is 7.98. The van der Waals surface area contributed by atoms with Crippen molar-refractivity contribution in [1.82, 2.24) is 5.32 Å². The summed E-state index contributed by atoms with van der Waals surface area (Å²) in [7, 11) is 0. The first-order valence-corrected chi connectivity index (χ1v) is 9.40. The third kappa shape index (κ3) is 2.81. The van der Waals surface area contributed by atoms with Gasteiger partial charge in [0.05, 0.1) is 11.6 Å². The van der Waals surface area contributed by atoms with Crippen molar-refractivity contribution < 1.29 is 9.84 Å². The Morgan fingerprint density at radius 3 is 2.88 bits per heavy atom. The Morgan fingerprint density at radius 2 is 2.04 bits per heavy atom. The number of rotatable bonds is 1. The Labute approximate surface area is 155 Å². The summed E-state index contributed by atoms with van der Waals surface area (Å²) in [5.74, 6) is 1.32. The number of hydrogen-bond acceptors (Lipinski definition) is 3. The molecule has 0 aliphatic carbocycles. The van der Waals surface area contributed by atoms with Crippen molar-refractivity contribution in [2.45, 2.75) is 38.3 Å². The van der Waals surface area contributed by atoms with Gasteiger partial charge < -0.3 is 15.2 Å². The predicted molar refractivity (Wildman–Crippen MR) is 99.2 cm³/mol. The Bertz CT molecular complexity index is 808. The molecular formula is C19H19BrClNO2. The van der Waals surface area contributed by atoms with E-state index in [1.807, 2.05) is 12.1 Å². The van der Waals surface area contributed by atoms with Gasteiger partial charge in [-0.1, -0.05) is 27.5 Å². The van der Waals surface area contributed by atoms with Gasteiger partial charge in [-0.2, -0.15) is 0 Å². The molecular weight excluding hydrogens is 390 g/mol. The van der Waals surface area contributed by atoms with Gasteiger partial charge in [-0.3, -0.25) is 0 Å². The number of phenolic OH excluding ortho intramolecular Hbond substituents is 1. The molecule has 2 atom stereocenters. The lowest BCUT2D eigenvalue weighted by molar-refractivity contribution is 0.351. The number of ether oxygens (including phenoxy) is 1. The molecule has 0 bridgehead atoms. The zero-order chi connectivity index (χ0) is 16.8. The molecule has 126 valence electrons. The molecule has 2 aliphatic heterocycles. The van der Waals surface area contributed by atoms with E-state index in [9.17, 15) is 5.11 Å². The largest absolute Gasteiger partial charge is 0.506 e. The molecule has 0 saturated carbocycles. The monoisotopic (exact) mass is 407 g/mol. The molecule has 2 N–H and O–H groups in total. The van der Waals surface area contributed by atoms with E-state index in [0.29, 0.717) is 11.1 Å². The maximum Gasteiger partial charge on any atom is 0.134 e. The molecule has 0 amide bonds. The summed E-state index contributed by atoms with van der Waals surface area (Å²) < 4.78 is 7.03. The molecule has 2 heterocycles. The molecule has 2 aliphatic rings. The second kappa shape index (κ2) is 6.25. The number of halogens is 2. The third-order valence-corrected chi connectivity index (χ3v) is 5.73. The molecule has 4 rings (SSSR count). The quantitative estimate of drug-likeness (QED) is 0.715. The summed E-state index contributed by atoms with van der Waals surface area (Å²) >= 11 is 9.78. The summed E-state index contributed by atoms with van der Waals surface area (Å²) in [6, 6.07) is 8.36. The van der Waals surface area contributed by atoms with E-state index in [0.717, 1.165) is 47.3 Å². The summed E-state index contributed by atoms with van der Waals surface area (Å²) in [5, 5.41) is 14.1. The fraction of sp³-hybridized carbons (Fsp3) is 0.368. The normalized spacial score (nSPS) is 22.5. The molecule has 0 fully saturated rings. The van der Waals surface area contributed by atoms with Crippen LogP contribution in [0.25, 0.3) is 0 Å². The molecule has 5 heteroatoms. The highest BCUT2D eigenvalue weighted by Gasteiger charge is 2.30. The standard InChI is InChI=1S/C19H19BrClNO2/c1-10-4-15(14-8-18(23)17(21)6-12(14)9-22-10)16-7-13(20)5-11-2-3-24-19(11)16/h5-8,10,15,22-23H,2-4,9H2,1H3. The highest BCUT2D eigenvalue weighted by molar-refractivity contribution is 9.10. The van der Waals surface area contributed by atoms with Crippen molar-refractivity contribution in [2.75, 3.05) is 6.61 Å². The fourth-order valence-corrected chi connectivity index (χ4v) is 4.51. The third-order valence-electron chi connectivity index (χ3n) is 4.97. The number of benzene rings is 2. The van der Waals surface area contributed by atoms with Crippen LogP contribution in [0.3, 0.4) is 0 Å². The van der Waals surface area contributed by atoms with Gasteiger partial charge in [0.25, 0.3) is 0 Å². The summed E-state index contributed by atoms with van der Waals surface area (Å²) in [5.41, 5.74) is 4.71. The van der Waals surface area contributed by atoms with Crippen molar-refractivity contribution in [2.24, 2.45) is 0 Å². The van der Waals surface area contributed by atoms with Crippen molar-refractivity contribution in [1.29, 1.82) is 0 Å². The van der Waals surface area contributed by atoms with Crippen LogP contribution in [0.15, 0.2) is 28.7 Å². The van der Waals surface area contributed by atoms with E-state index in [1.54, 1.807) is 0 Å². The van der Waals surface area contributed by atoms with E-state index < -0.39 is 0 Å². The zero-order valence-corrected chi connectivity index (χ0v) is 15.7. The van der Waals surface area contributed by atoms with Crippen LogP contribution < -0.4 is 10.1 Å². The minimum absolute atomic E-state index is 0.141. The molecule has 3 nitrogen and oxygen atoms in total. The molecule has 2 unspecified atom stereocenters. The Kier molecular flexibility index (Phi) is 4.23. The molecule has 0 saturated heterocycles. The van der Waals surface area contributed by atoms with E-state index in [-0.39, 0.29) is 11.7 Å². The molecule has 0 aromatic heterocycles. The minimum Gasteiger partial charge on any atom is -0.506 e. The van der Waals surface area contributed by atoms with Gasteiger partial charge in [0, 0.05) is 35.0 Å². The first-order chi connectivity index (χ1) is 11.5. The average Bonchev–Trinajstić information content (AvgIpc) is 2.95. The highest BCUT2D eigenvalue weighted by atomic mass is 79.9. The van der Waals surface area contributed by atoms with Crippen LogP contribution in [0.5, 0.6) is 11.5 Å². The van der Waals surface area contributed by atoms with Crippen molar-refractivity contribution >= 4 is 27.5 Å². The molecule has 0 spiro atoms. The maximum absolute atomic E-state index is 10.2. The van der Waals surface area contributed by atoms with Gasteiger partial charge in [0.15, 0.2) is 0 Å².